The fourth-order valence-corrected chi connectivity index (χ4v) is 5.56. The number of nitrogens with zero attached hydrogens (tertiary/aromatic N) is 3. The molecule has 32 heavy (non-hydrogen) atoms. The van der Waals surface area contributed by atoms with E-state index in [9.17, 15) is 4.79 Å². The van der Waals surface area contributed by atoms with Gasteiger partial charge in [0, 0.05) is 44.8 Å². The maximum atomic E-state index is 12.7. The predicted octanol–water partition coefficient (Wildman–Crippen LogP) is 4.62. The van der Waals surface area contributed by atoms with E-state index in [1.54, 1.807) is 11.3 Å². The van der Waals surface area contributed by atoms with Gasteiger partial charge in [-0.25, -0.2) is 4.98 Å². The van der Waals surface area contributed by atoms with E-state index in [1.807, 2.05) is 42.5 Å². The van der Waals surface area contributed by atoms with Crippen LogP contribution in [-0.4, -0.2) is 55.1 Å². The number of thiazole rings is 1. The first-order valence-corrected chi connectivity index (χ1v) is 12.0. The number of aromatic nitrogens is 1. The highest BCUT2D eigenvalue weighted by atomic mass is 32.1. The van der Waals surface area contributed by atoms with Crippen molar-refractivity contribution in [3.8, 4) is 0 Å². The number of amides is 1. The summed E-state index contributed by atoms with van der Waals surface area (Å²) in [5.41, 5.74) is 4.43. The Morgan fingerprint density at radius 1 is 0.969 bits per heavy atom. The van der Waals surface area contributed by atoms with Gasteiger partial charge >= 0.3 is 0 Å². The SMILES string of the molecule is Cc1ccc(C)c2sc(N3CCN(CCNC(=O)c4cccc5ccccc45)CC3)nc12. The number of anilines is 1. The third kappa shape index (κ3) is 4.08. The van der Waals surface area contributed by atoms with Crippen LogP contribution in [0.4, 0.5) is 5.13 Å². The molecule has 1 aliphatic heterocycles. The van der Waals surface area contributed by atoms with Crippen LogP contribution in [0.15, 0.2) is 54.6 Å². The standard InChI is InChI=1S/C26H28N4OS/c1-18-10-11-19(2)24-23(18)28-26(32-24)30-16-14-29(15-17-30)13-12-27-25(31)22-9-5-7-20-6-3-4-8-21(20)22/h3-11H,12-17H2,1-2H3,(H,27,31). The maximum Gasteiger partial charge on any atom is 0.251 e. The number of nitrogens with one attached hydrogen (secondary N) is 1. The molecule has 0 aliphatic carbocycles. The van der Waals surface area contributed by atoms with Crippen LogP contribution in [0.2, 0.25) is 0 Å². The van der Waals surface area contributed by atoms with E-state index in [1.165, 1.54) is 15.8 Å². The highest BCUT2D eigenvalue weighted by Gasteiger charge is 2.21. The van der Waals surface area contributed by atoms with Crippen molar-refractivity contribution >= 4 is 43.4 Å². The van der Waals surface area contributed by atoms with Gasteiger partial charge < -0.3 is 10.2 Å². The van der Waals surface area contributed by atoms with E-state index in [2.05, 4.69) is 41.1 Å². The highest BCUT2D eigenvalue weighted by Crippen LogP contribution is 2.33. The molecule has 0 atom stereocenters. The first-order chi connectivity index (χ1) is 15.6. The van der Waals surface area contributed by atoms with E-state index in [0.717, 1.165) is 59.7 Å². The largest absolute Gasteiger partial charge is 0.351 e. The van der Waals surface area contributed by atoms with Crippen molar-refractivity contribution in [2.45, 2.75) is 13.8 Å². The summed E-state index contributed by atoms with van der Waals surface area (Å²) in [7, 11) is 0. The molecule has 0 saturated carbocycles. The Morgan fingerprint density at radius 3 is 2.53 bits per heavy atom. The Labute approximate surface area is 192 Å². The number of aryl methyl sites for hydroxylation is 2. The summed E-state index contributed by atoms with van der Waals surface area (Å²) in [5.74, 6) is 0.000603. The van der Waals surface area contributed by atoms with Crippen molar-refractivity contribution in [2.75, 3.05) is 44.2 Å². The summed E-state index contributed by atoms with van der Waals surface area (Å²) in [6, 6.07) is 18.3. The minimum atomic E-state index is 0.000603. The second kappa shape index (κ2) is 8.88. The molecular formula is C26H28N4OS. The van der Waals surface area contributed by atoms with Crippen LogP contribution in [0.25, 0.3) is 21.0 Å². The molecule has 5 nitrogen and oxygen atoms in total. The summed E-state index contributed by atoms with van der Waals surface area (Å²) in [4.78, 5) is 22.5. The summed E-state index contributed by atoms with van der Waals surface area (Å²) in [5, 5.41) is 6.33. The molecule has 6 heteroatoms. The fourth-order valence-electron chi connectivity index (χ4n) is 4.39. The second-order valence-electron chi connectivity index (χ2n) is 8.48. The van der Waals surface area contributed by atoms with E-state index < -0.39 is 0 Å². The van der Waals surface area contributed by atoms with Crippen molar-refractivity contribution in [3.05, 3.63) is 71.3 Å². The number of hydrogen-bond acceptors (Lipinski definition) is 5. The van der Waals surface area contributed by atoms with Crippen molar-refractivity contribution in [1.82, 2.24) is 15.2 Å². The summed E-state index contributed by atoms with van der Waals surface area (Å²) in [6.07, 6.45) is 0. The lowest BCUT2D eigenvalue weighted by Crippen LogP contribution is -2.48. The van der Waals surface area contributed by atoms with Crippen LogP contribution < -0.4 is 10.2 Å². The van der Waals surface area contributed by atoms with Crippen molar-refractivity contribution < 1.29 is 4.79 Å². The maximum absolute atomic E-state index is 12.7. The Balaban J connectivity index is 1.15. The third-order valence-corrected chi connectivity index (χ3v) is 7.57. The molecule has 1 aliphatic rings. The topological polar surface area (TPSA) is 48.5 Å². The van der Waals surface area contributed by atoms with Gasteiger partial charge in [-0.05, 0) is 41.8 Å². The van der Waals surface area contributed by atoms with E-state index in [-0.39, 0.29) is 5.91 Å². The van der Waals surface area contributed by atoms with Gasteiger partial charge in [0.25, 0.3) is 5.91 Å². The van der Waals surface area contributed by atoms with Crippen molar-refractivity contribution in [1.29, 1.82) is 0 Å². The van der Waals surface area contributed by atoms with Crippen molar-refractivity contribution in [2.24, 2.45) is 0 Å². The molecule has 1 amide bonds. The molecular weight excluding hydrogens is 416 g/mol. The van der Waals surface area contributed by atoms with Gasteiger partial charge in [-0.2, -0.15) is 0 Å². The van der Waals surface area contributed by atoms with Gasteiger partial charge in [0.2, 0.25) is 0 Å². The second-order valence-corrected chi connectivity index (χ2v) is 9.46. The quantitative estimate of drug-likeness (QED) is 0.488. The van der Waals surface area contributed by atoms with Crippen LogP contribution in [-0.2, 0) is 0 Å². The molecule has 4 aromatic rings. The molecule has 1 fully saturated rings. The molecule has 0 unspecified atom stereocenters. The van der Waals surface area contributed by atoms with Crippen LogP contribution in [0.3, 0.4) is 0 Å². The van der Waals surface area contributed by atoms with E-state index >= 15 is 0 Å². The van der Waals surface area contributed by atoms with Crippen molar-refractivity contribution in [3.63, 3.8) is 0 Å². The molecule has 164 valence electrons. The first kappa shape index (κ1) is 20.9. The predicted molar refractivity (Wildman–Crippen MR) is 134 cm³/mol. The van der Waals surface area contributed by atoms with Gasteiger partial charge in [-0.3, -0.25) is 9.69 Å². The number of carbonyl (C=O) groups excluding carboxylic acids is 1. The van der Waals surface area contributed by atoms with E-state index in [4.69, 9.17) is 4.98 Å². The molecule has 1 aromatic heterocycles. The number of piperazine rings is 1. The zero-order chi connectivity index (χ0) is 22.1. The van der Waals surface area contributed by atoms with Crippen LogP contribution >= 0.6 is 11.3 Å². The van der Waals surface area contributed by atoms with Gasteiger partial charge in [0.1, 0.15) is 0 Å². The first-order valence-electron chi connectivity index (χ1n) is 11.2. The molecule has 1 saturated heterocycles. The number of hydrogen-bond donors (Lipinski definition) is 1. The molecule has 2 heterocycles. The third-order valence-electron chi connectivity index (χ3n) is 6.32. The van der Waals surface area contributed by atoms with Crippen LogP contribution in [0, 0.1) is 13.8 Å². The van der Waals surface area contributed by atoms with Gasteiger partial charge in [0.15, 0.2) is 5.13 Å². The van der Waals surface area contributed by atoms with Crippen LogP contribution in [0.5, 0.6) is 0 Å². The number of benzene rings is 3. The smallest absolute Gasteiger partial charge is 0.251 e. The van der Waals surface area contributed by atoms with E-state index in [0.29, 0.717) is 6.54 Å². The number of rotatable bonds is 5. The molecule has 0 spiro atoms. The molecule has 0 bridgehead atoms. The monoisotopic (exact) mass is 444 g/mol. The Morgan fingerprint density at radius 2 is 1.72 bits per heavy atom. The molecule has 3 aromatic carbocycles. The normalized spacial score (nSPS) is 14.9. The zero-order valence-corrected chi connectivity index (χ0v) is 19.4. The molecule has 5 rings (SSSR count). The van der Waals surface area contributed by atoms with Gasteiger partial charge in [-0.1, -0.05) is 59.9 Å². The van der Waals surface area contributed by atoms with Crippen LogP contribution in [0.1, 0.15) is 21.5 Å². The van der Waals surface area contributed by atoms with Gasteiger partial charge in [0.05, 0.1) is 10.2 Å². The number of fused-ring (bicyclic) bond motifs is 2. The zero-order valence-electron chi connectivity index (χ0n) is 18.6. The lowest BCUT2D eigenvalue weighted by Gasteiger charge is -2.34. The summed E-state index contributed by atoms with van der Waals surface area (Å²) in [6.45, 7) is 9.72. The summed E-state index contributed by atoms with van der Waals surface area (Å²) >= 11 is 1.81. The highest BCUT2D eigenvalue weighted by molar-refractivity contribution is 7.22. The summed E-state index contributed by atoms with van der Waals surface area (Å²) < 4.78 is 1.30. The lowest BCUT2D eigenvalue weighted by atomic mass is 10.0. The molecule has 1 N–H and O–H groups in total. The fraction of sp³-hybridized carbons (Fsp3) is 0.308. The minimum Gasteiger partial charge on any atom is -0.351 e. The Kier molecular flexibility index (Phi) is 5.81. The Bertz CT molecular complexity index is 1230. The lowest BCUT2D eigenvalue weighted by molar-refractivity contribution is 0.0949. The minimum absolute atomic E-state index is 0.000603. The van der Waals surface area contributed by atoms with Gasteiger partial charge in [-0.15, -0.1) is 0 Å². The average molecular weight is 445 g/mol. The molecule has 0 radical (unpaired) electrons. The number of carbonyl (C=O) groups is 1. The average Bonchev–Trinajstić information content (AvgIpc) is 3.28. The Hall–Kier alpha value is -2.96.